The molecule has 0 spiro atoms. The van der Waals surface area contributed by atoms with Crippen molar-refractivity contribution in [3.63, 3.8) is 0 Å². The Morgan fingerprint density at radius 2 is 1.79 bits per heavy atom. The number of hydrogen-bond acceptors (Lipinski definition) is 5. The number of sulfonamides is 1. The highest BCUT2D eigenvalue weighted by atomic mass is 35.5. The molecule has 0 bridgehead atoms. The van der Waals surface area contributed by atoms with Crippen LogP contribution in [0.4, 0.5) is 11.4 Å². The van der Waals surface area contributed by atoms with E-state index in [2.05, 4.69) is 4.72 Å². The van der Waals surface area contributed by atoms with Crippen molar-refractivity contribution >= 4 is 33.0 Å². The first-order valence-corrected chi connectivity index (χ1v) is 9.80. The molecular formula is C17H15ClN4O5S. The Balaban J connectivity index is 2.09. The molecule has 0 atom stereocenters. The van der Waals surface area contributed by atoms with Gasteiger partial charge in [0.15, 0.2) is 0 Å². The summed E-state index contributed by atoms with van der Waals surface area (Å²) in [7, 11) is -2.64. The van der Waals surface area contributed by atoms with Crippen LogP contribution in [0.15, 0.2) is 58.2 Å². The predicted octanol–water partition coefficient (Wildman–Crippen LogP) is 2.85. The SMILES string of the molecule is Cc1c(NS(=O)(=O)c2ccc(Cl)c([N+](=O)[O-])c2)c(=O)n(-c2ccccc2)n1C. The van der Waals surface area contributed by atoms with Gasteiger partial charge in [-0.05, 0) is 31.2 Å². The monoisotopic (exact) mass is 422 g/mol. The molecule has 0 aliphatic heterocycles. The Kier molecular flexibility index (Phi) is 5.01. The maximum absolute atomic E-state index is 12.8. The van der Waals surface area contributed by atoms with Gasteiger partial charge in [0.05, 0.1) is 21.2 Å². The minimum Gasteiger partial charge on any atom is -0.283 e. The summed E-state index contributed by atoms with van der Waals surface area (Å²) in [6.07, 6.45) is 0. The molecule has 11 heteroatoms. The second-order valence-corrected chi connectivity index (χ2v) is 8.00. The van der Waals surface area contributed by atoms with Gasteiger partial charge in [-0.1, -0.05) is 29.8 Å². The predicted molar refractivity (Wildman–Crippen MR) is 105 cm³/mol. The van der Waals surface area contributed by atoms with Gasteiger partial charge in [-0.25, -0.2) is 13.1 Å². The first-order chi connectivity index (χ1) is 13.1. The van der Waals surface area contributed by atoms with Gasteiger partial charge in [-0.2, -0.15) is 0 Å². The topological polar surface area (TPSA) is 116 Å². The number of rotatable bonds is 5. The molecule has 1 heterocycles. The van der Waals surface area contributed by atoms with E-state index in [1.54, 1.807) is 44.3 Å². The standard InChI is InChI=1S/C17H15ClN4O5S/c1-11-16(17(23)21(20(11)2)12-6-4-3-5-7-12)19-28(26,27)13-8-9-14(18)15(10-13)22(24)25/h3-10,19H,1-2H3. The zero-order valence-electron chi connectivity index (χ0n) is 14.8. The third kappa shape index (κ3) is 3.39. The van der Waals surface area contributed by atoms with Crippen LogP contribution in [-0.4, -0.2) is 22.7 Å². The molecule has 3 aromatic rings. The van der Waals surface area contributed by atoms with Gasteiger partial charge in [-0.15, -0.1) is 0 Å². The summed E-state index contributed by atoms with van der Waals surface area (Å²) in [5.41, 5.74) is -0.329. The van der Waals surface area contributed by atoms with Crippen molar-refractivity contribution in [3.05, 3.63) is 79.7 Å². The van der Waals surface area contributed by atoms with Gasteiger partial charge in [0.25, 0.3) is 21.3 Å². The molecule has 1 aromatic heterocycles. The number of hydrogen-bond donors (Lipinski definition) is 1. The zero-order chi connectivity index (χ0) is 20.6. The lowest BCUT2D eigenvalue weighted by molar-refractivity contribution is -0.384. The third-order valence-corrected chi connectivity index (χ3v) is 5.88. The van der Waals surface area contributed by atoms with E-state index < -0.39 is 26.2 Å². The smallest absolute Gasteiger partial charge is 0.283 e. The van der Waals surface area contributed by atoms with E-state index in [0.717, 1.165) is 18.2 Å². The number of para-hydroxylation sites is 1. The number of benzene rings is 2. The van der Waals surface area contributed by atoms with Crippen molar-refractivity contribution in [1.82, 2.24) is 9.36 Å². The summed E-state index contributed by atoms with van der Waals surface area (Å²) in [5, 5.41) is 10.8. The number of aromatic nitrogens is 2. The van der Waals surface area contributed by atoms with Crippen LogP contribution >= 0.6 is 11.6 Å². The van der Waals surface area contributed by atoms with E-state index in [0.29, 0.717) is 11.4 Å². The fourth-order valence-corrected chi connectivity index (χ4v) is 4.00. The van der Waals surface area contributed by atoms with Crippen molar-refractivity contribution in [3.8, 4) is 5.69 Å². The first kappa shape index (κ1) is 19.6. The lowest BCUT2D eigenvalue weighted by atomic mass is 10.3. The van der Waals surface area contributed by atoms with E-state index in [9.17, 15) is 23.3 Å². The second-order valence-electron chi connectivity index (χ2n) is 5.91. The Morgan fingerprint density at radius 1 is 1.14 bits per heavy atom. The Morgan fingerprint density at radius 3 is 2.39 bits per heavy atom. The van der Waals surface area contributed by atoms with E-state index in [1.165, 1.54) is 9.36 Å². The maximum atomic E-state index is 12.8. The molecule has 0 unspecified atom stereocenters. The van der Waals surface area contributed by atoms with Crippen molar-refractivity contribution in [2.75, 3.05) is 4.72 Å². The summed E-state index contributed by atoms with van der Waals surface area (Å²) in [5.74, 6) is 0. The van der Waals surface area contributed by atoms with E-state index in [4.69, 9.17) is 11.6 Å². The van der Waals surface area contributed by atoms with E-state index in [1.807, 2.05) is 0 Å². The minimum absolute atomic E-state index is 0.149. The van der Waals surface area contributed by atoms with Crippen LogP contribution in [-0.2, 0) is 17.1 Å². The molecule has 0 fully saturated rings. The molecule has 0 saturated carbocycles. The average molecular weight is 423 g/mol. The highest BCUT2D eigenvalue weighted by Gasteiger charge is 2.25. The van der Waals surface area contributed by atoms with Crippen molar-refractivity contribution in [2.45, 2.75) is 11.8 Å². The number of anilines is 1. The number of nitrogens with one attached hydrogen (secondary N) is 1. The quantitative estimate of drug-likeness (QED) is 0.501. The van der Waals surface area contributed by atoms with E-state index in [-0.39, 0.29) is 15.6 Å². The van der Waals surface area contributed by atoms with Crippen LogP contribution in [0, 0.1) is 17.0 Å². The number of halogens is 1. The van der Waals surface area contributed by atoms with Crippen LogP contribution in [0.2, 0.25) is 5.02 Å². The normalized spacial score (nSPS) is 11.4. The number of nitro benzene ring substituents is 1. The highest BCUT2D eigenvalue weighted by Crippen LogP contribution is 2.28. The van der Waals surface area contributed by atoms with Crippen molar-refractivity contribution < 1.29 is 13.3 Å². The lowest BCUT2D eigenvalue weighted by Gasteiger charge is -2.07. The maximum Gasteiger partial charge on any atom is 0.296 e. The molecule has 1 N–H and O–H groups in total. The Labute approximate surface area is 165 Å². The van der Waals surface area contributed by atoms with Gasteiger partial charge in [-0.3, -0.25) is 24.3 Å². The molecule has 0 amide bonds. The van der Waals surface area contributed by atoms with E-state index >= 15 is 0 Å². The summed E-state index contributed by atoms with van der Waals surface area (Å²) >= 11 is 5.73. The molecule has 2 aromatic carbocycles. The van der Waals surface area contributed by atoms with Crippen LogP contribution in [0.1, 0.15) is 5.69 Å². The van der Waals surface area contributed by atoms with Crippen molar-refractivity contribution in [2.24, 2.45) is 7.05 Å². The molecule has 0 radical (unpaired) electrons. The van der Waals surface area contributed by atoms with Crippen LogP contribution in [0.5, 0.6) is 0 Å². The molecule has 146 valence electrons. The van der Waals surface area contributed by atoms with Gasteiger partial charge in [0.2, 0.25) is 0 Å². The van der Waals surface area contributed by atoms with Crippen LogP contribution in [0.25, 0.3) is 5.69 Å². The largest absolute Gasteiger partial charge is 0.296 e. The van der Waals surface area contributed by atoms with Gasteiger partial charge in [0, 0.05) is 13.1 Å². The molecule has 28 heavy (non-hydrogen) atoms. The van der Waals surface area contributed by atoms with Gasteiger partial charge in [0.1, 0.15) is 10.7 Å². The summed E-state index contributed by atoms with van der Waals surface area (Å²) in [4.78, 5) is 22.7. The Hall–Kier alpha value is -3.11. The van der Waals surface area contributed by atoms with Gasteiger partial charge < -0.3 is 0 Å². The molecule has 0 aliphatic rings. The van der Waals surface area contributed by atoms with Crippen molar-refractivity contribution in [1.29, 1.82) is 0 Å². The molecule has 3 rings (SSSR count). The van der Waals surface area contributed by atoms with Crippen LogP contribution < -0.4 is 10.3 Å². The summed E-state index contributed by atoms with van der Waals surface area (Å²) in [6, 6.07) is 11.8. The first-order valence-electron chi connectivity index (χ1n) is 7.94. The molecule has 9 nitrogen and oxygen atoms in total. The van der Waals surface area contributed by atoms with Crippen LogP contribution in [0.3, 0.4) is 0 Å². The van der Waals surface area contributed by atoms with Gasteiger partial charge >= 0.3 is 0 Å². The molecular weight excluding hydrogens is 408 g/mol. The summed E-state index contributed by atoms with van der Waals surface area (Å²) in [6.45, 7) is 1.59. The molecule has 0 aliphatic carbocycles. The Bertz CT molecular complexity index is 1230. The second kappa shape index (κ2) is 7.13. The minimum atomic E-state index is -4.26. The third-order valence-electron chi connectivity index (χ3n) is 4.22. The number of nitrogens with zero attached hydrogens (tertiary/aromatic N) is 3. The lowest BCUT2D eigenvalue weighted by Crippen LogP contribution is -2.23. The summed E-state index contributed by atoms with van der Waals surface area (Å²) < 4.78 is 30.5. The highest BCUT2D eigenvalue weighted by molar-refractivity contribution is 7.92. The zero-order valence-corrected chi connectivity index (χ0v) is 16.4. The molecule has 0 saturated heterocycles. The average Bonchev–Trinajstić information content (AvgIpc) is 2.85. The number of nitro groups is 1. The fourth-order valence-electron chi connectivity index (χ4n) is 2.68. The fraction of sp³-hybridized carbons (Fsp3) is 0.118.